The van der Waals surface area contributed by atoms with Crippen molar-refractivity contribution >= 4 is 37.5 Å². The van der Waals surface area contributed by atoms with Gasteiger partial charge in [0.05, 0.1) is 11.9 Å². The molecule has 0 aliphatic rings. The lowest BCUT2D eigenvalue weighted by Crippen LogP contribution is -2.09. The zero-order valence-electron chi connectivity index (χ0n) is 6.31. The fraction of sp³-hybridized carbons (Fsp3) is 0.286. The summed E-state index contributed by atoms with van der Waals surface area (Å²) in [5, 5.41) is 0. The van der Waals surface area contributed by atoms with Gasteiger partial charge in [0.1, 0.15) is 4.60 Å². The molecule has 2 nitrogen and oxygen atoms in total. The molecule has 0 atom stereocenters. The van der Waals surface area contributed by atoms with Crippen molar-refractivity contribution in [3.05, 3.63) is 21.3 Å². The maximum Gasteiger partial charge on any atom is 0.107 e. The van der Waals surface area contributed by atoms with Gasteiger partial charge in [0.25, 0.3) is 0 Å². The van der Waals surface area contributed by atoms with Crippen LogP contribution in [-0.4, -0.2) is 19.1 Å². The molecule has 1 aromatic rings. The number of anilines is 1. The molecule has 0 aliphatic carbocycles. The Balaban J connectivity index is 3.09. The monoisotopic (exact) mass is 278 g/mol. The third-order valence-electron chi connectivity index (χ3n) is 1.28. The fourth-order valence-electron chi connectivity index (χ4n) is 0.729. The van der Waals surface area contributed by atoms with Gasteiger partial charge >= 0.3 is 0 Å². The van der Waals surface area contributed by atoms with Crippen LogP contribution in [0.4, 0.5) is 5.69 Å². The van der Waals surface area contributed by atoms with E-state index >= 15 is 0 Å². The molecule has 0 fully saturated rings. The molecule has 1 heterocycles. The molecule has 0 unspecified atom stereocenters. The molecule has 0 bridgehead atoms. The van der Waals surface area contributed by atoms with Crippen LogP contribution >= 0.6 is 31.9 Å². The molecule has 4 heteroatoms. The summed E-state index contributed by atoms with van der Waals surface area (Å²) in [7, 11) is 3.96. The maximum atomic E-state index is 4.11. The lowest BCUT2D eigenvalue weighted by Gasteiger charge is -2.13. The summed E-state index contributed by atoms with van der Waals surface area (Å²) in [5.74, 6) is 0. The van der Waals surface area contributed by atoms with Gasteiger partial charge < -0.3 is 4.90 Å². The van der Waals surface area contributed by atoms with Gasteiger partial charge in [0.15, 0.2) is 0 Å². The van der Waals surface area contributed by atoms with Crippen LogP contribution in [0.3, 0.4) is 0 Å². The van der Waals surface area contributed by atoms with E-state index in [2.05, 4.69) is 36.8 Å². The number of hydrogen-bond acceptors (Lipinski definition) is 2. The molecule has 0 amide bonds. The second-order valence-corrected chi connectivity index (χ2v) is 4.02. The van der Waals surface area contributed by atoms with Gasteiger partial charge in [-0.1, -0.05) is 0 Å². The van der Waals surface area contributed by atoms with E-state index in [0.717, 1.165) is 14.8 Å². The smallest absolute Gasteiger partial charge is 0.107 e. The van der Waals surface area contributed by atoms with E-state index in [9.17, 15) is 0 Å². The Bertz CT molecular complexity index is 261. The third-order valence-corrected chi connectivity index (χ3v) is 2.35. The Morgan fingerprint density at radius 2 is 2.00 bits per heavy atom. The van der Waals surface area contributed by atoms with Gasteiger partial charge in [-0.15, -0.1) is 0 Å². The van der Waals surface area contributed by atoms with E-state index < -0.39 is 0 Å². The summed E-state index contributed by atoms with van der Waals surface area (Å²) in [5.41, 5.74) is 1.08. The van der Waals surface area contributed by atoms with Crippen molar-refractivity contribution in [2.45, 2.75) is 0 Å². The van der Waals surface area contributed by atoms with Crippen LogP contribution < -0.4 is 4.90 Å². The average Bonchev–Trinajstić information content (AvgIpc) is 1.85. The summed E-state index contributed by atoms with van der Waals surface area (Å²) >= 11 is 6.72. The first kappa shape index (κ1) is 9.00. The van der Waals surface area contributed by atoms with E-state index in [1.54, 1.807) is 0 Å². The minimum absolute atomic E-state index is 0.843. The topological polar surface area (TPSA) is 16.1 Å². The van der Waals surface area contributed by atoms with Crippen molar-refractivity contribution in [2.24, 2.45) is 0 Å². The molecular formula is C7H8Br2N2. The number of hydrogen-bond donors (Lipinski definition) is 0. The number of aromatic nitrogens is 1. The van der Waals surface area contributed by atoms with Crippen LogP contribution in [0.2, 0.25) is 0 Å². The van der Waals surface area contributed by atoms with Gasteiger partial charge in [-0.2, -0.15) is 0 Å². The Morgan fingerprint density at radius 1 is 1.36 bits per heavy atom. The van der Waals surface area contributed by atoms with Crippen LogP contribution in [0.5, 0.6) is 0 Å². The number of rotatable bonds is 1. The largest absolute Gasteiger partial charge is 0.376 e. The molecule has 0 aliphatic heterocycles. The minimum atomic E-state index is 0.843. The van der Waals surface area contributed by atoms with Crippen molar-refractivity contribution in [3.8, 4) is 0 Å². The summed E-state index contributed by atoms with van der Waals surface area (Å²) in [6, 6.07) is 1.93. The molecule has 60 valence electrons. The van der Waals surface area contributed by atoms with Crippen molar-refractivity contribution in [1.29, 1.82) is 0 Å². The lowest BCUT2D eigenvalue weighted by molar-refractivity contribution is 1.09. The SMILES string of the molecule is CN(C)c1cnc(Br)cc1Br. The van der Waals surface area contributed by atoms with Crippen LogP contribution in [0.25, 0.3) is 0 Å². The molecule has 0 saturated heterocycles. The summed E-state index contributed by atoms with van der Waals surface area (Å²) in [6.07, 6.45) is 1.81. The van der Waals surface area contributed by atoms with E-state index in [1.807, 2.05) is 31.3 Å². The Hall–Kier alpha value is -0.0900. The van der Waals surface area contributed by atoms with Crippen LogP contribution in [-0.2, 0) is 0 Å². The maximum absolute atomic E-state index is 4.11. The molecule has 1 rings (SSSR count). The lowest BCUT2D eigenvalue weighted by atomic mass is 10.4. The van der Waals surface area contributed by atoms with E-state index in [-0.39, 0.29) is 0 Å². The van der Waals surface area contributed by atoms with Crippen molar-refractivity contribution < 1.29 is 0 Å². The predicted octanol–water partition coefficient (Wildman–Crippen LogP) is 2.67. The van der Waals surface area contributed by atoms with E-state index in [1.165, 1.54) is 0 Å². The van der Waals surface area contributed by atoms with Gasteiger partial charge in [-0.05, 0) is 37.9 Å². The first-order chi connectivity index (χ1) is 5.11. The first-order valence-corrected chi connectivity index (χ1v) is 4.68. The molecule has 0 aromatic carbocycles. The Morgan fingerprint density at radius 3 is 2.45 bits per heavy atom. The zero-order chi connectivity index (χ0) is 8.43. The molecule has 0 radical (unpaired) electrons. The Kier molecular flexibility index (Phi) is 2.90. The van der Waals surface area contributed by atoms with Crippen LogP contribution in [0.15, 0.2) is 21.3 Å². The first-order valence-electron chi connectivity index (χ1n) is 3.09. The summed E-state index contributed by atoms with van der Waals surface area (Å²) in [6.45, 7) is 0. The third kappa shape index (κ3) is 2.17. The highest BCUT2D eigenvalue weighted by molar-refractivity contribution is 9.11. The standard InChI is InChI=1S/C7H8Br2N2/c1-11(2)6-4-10-7(9)3-5(6)8/h3-4H,1-2H3. The summed E-state index contributed by atoms with van der Waals surface area (Å²) in [4.78, 5) is 6.11. The van der Waals surface area contributed by atoms with Crippen LogP contribution in [0.1, 0.15) is 0 Å². The second kappa shape index (κ2) is 3.54. The normalized spacial score (nSPS) is 9.82. The van der Waals surface area contributed by atoms with Crippen molar-refractivity contribution in [2.75, 3.05) is 19.0 Å². The van der Waals surface area contributed by atoms with Crippen LogP contribution in [0, 0.1) is 0 Å². The van der Waals surface area contributed by atoms with Gasteiger partial charge in [0, 0.05) is 18.6 Å². The average molecular weight is 280 g/mol. The highest BCUT2D eigenvalue weighted by atomic mass is 79.9. The fourth-order valence-corrected chi connectivity index (χ4v) is 2.04. The number of halogens is 2. The number of nitrogens with zero attached hydrogens (tertiary/aromatic N) is 2. The van der Waals surface area contributed by atoms with Crippen molar-refractivity contribution in [1.82, 2.24) is 4.98 Å². The molecule has 0 saturated carbocycles. The van der Waals surface area contributed by atoms with E-state index in [4.69, 9.17) is 0 Å². The second-order valence-electron chi connectivity index (χ2n) is 2.35. The van der Waals surface area contributed by atoms with E-state index in [0.29, 0.717) is 0 Å². The predicted molar refractivity (Wildman–Crippen MR) is 54.0 cm³/mol. The van der Waals surface area contributed by atoms with Gasteiger partial charge in [0.2, 0.25) is 0 Å². The molecular weight excluding hydrogens is 272 g/mol. The van der Waals surface area contributed by atoms with Gasteiger partial charge in [-0.25, -0.2) is 4.98 Å². The molecule has 0 N–H and O–H groups in total. The quantitative estimate of drug-likeness (QED) is 0.735. The van der Waals surface area contributed by atoms with Crippen molar-refractivity contribution in [3.63, 3.8) is 0 Å². The van der Waals surface area contributed by atoms with Gasteiger partial charge in [-0.3, -0.25) is 0 Å². The molecule has 1 aromatic heterocycles. The zero-order valence-corrected chi connectivity index (χ0v) is 9.48. The highest BCUT2D eigenvalue weighted by Crippen LogP contribution is 2.25. The molecule has 0 spiro atoms. The minimum Gasteiger partial charge on any atom is -0.376 e. The number of pyridine rings is 1. The molecule has 11 heavy (non-hydrogen) atoms. The highest BCUT2D eigenvalue weighted by Gasteiger charge is 2.01. The summed E-state index contributed by atoms with van der Waals surface area (Å²) < 4.78 is 1.89. The Labute approximate surface area is 82.9 Å².